The fourth-order valence-electron chi connectivity index (χ4n) is 2.98. The molecule has 0 unspecified atom stereocenters. The maximum Gasteiger partial charge on any atom is 0.119 e. The van der Waals surface area contributed by atoms with E-state index in [1.54, 1.807) is 0 Å². The number of piperidine rings is 1. The van der Waals surface area contributed by atoms with Gasteiger partial charge in [0.25, 0.3) is 0 Å². The molecule has 2 aliphatic rings. The van der Waals surface area contributed by atoms with Gasteiger partial charge in [-0.25, -0.2) is 0 Å². The number of rotatable bonds is 3. The van der Waals surface area contributed by atoms with E-state index in [4.69, 9.17) is 4.74 Å². The van der Waals surface area contributed by atoms with Crippen molar-refractivity contribution in [2.45, 2.75) is 32.7 Å². The van der Waals surface area contributed by atoms with Gasteiger partial charge in [0.15, 0.2) is 0 Å². The van der Waals surface area contributed by atoms with Crippen LogP contribution in [0.25, 0.3) is 0 Å². The molecule has 2 N–H and O–H groups in total. The number of benzene rings is 1. The number of nitrogens with one attached hydrogen (secondary N) is 2. The van der Waals surface area contributed by atoms with Crippen molar-refractivity contribution in [3.63, 3.8) is 0 Å². The third kappa shape index (κ3) is 3.10. The summed E-state index contributed by atoms with van der Waals surface area (Å²) in [5.74, 6) is 1.03. The normalized spacial score (nSPS) is 21.7. The first-order valence-electron chi connectivity index (χ1n) is 7.41. The monoisotopic (exact) mass is 260 g/mol. The van der Waals surface area contributed by atoms with E-state index >= 15 is 0 Å². The summed E-state index contributed by atoms with van der Waals surface area (Å²) in [7, 11) is 0. The van der Waals surface area contributed by atoms with Crippen LogP contribution in [0.3, 0.4) is 0 Å². The molecular weight excluding hydrogens is 236 g/mol. The Labute approximate surface area is 115 Å². The van der Waals surface area contributed by atoms with Crippen molar-refractivity contribution in [1.29, 1.82) is 0 Å². The Kier molecular flexibility index (Phi) is 3.76. The van der Waals surface area contributed by atoms with Crippen molar-refractivity contribution in [3.05, 3.63) is 29.3 Å². The highest BCUT2D eigenvalue weighted by Gasteiger charge is 2.27. The zero-order chi connectivity index (χ0) is 13.1. The first-order valence-corrected chi connectivity index (χ1v) is 7.41. The third-order valence-corrected chi connectivity index (χ3v) is 4.46. The lowest BCUT2D eigenvalue weighted by molar-refractivity contribution is 0.123. The van der Waals surface area contributed by atoms with Crippen molar-refractivity contribution in [1.82, 2.24) is 10.6 Å². The molecule has 0 bridgehead atoms. The van der Waals surface area contributed by atoms with Gasteiger partial charge in [-0.15, -0.1) is 0 Å². The zero-order valence-electron chi connectivity index (χ0n) is 11.8. The standard InChI is InChI=1S/C16H24N2O/c1-16(5-8-17-9-6-16)12-19-15-3-2-13-4-7-18-11-14(13)10-15/h2-3,10,17-18H,4-9,11-12H2,1H3. The second-order valence-corrected chi connectivity index (χ2v) is 6.21. The molecule has 104 valence electrons. The Bertz CT molecular complexity index is 438. The van der Waals surface area contributed by atoms with Gasteiger partial charge in [-0.05, 0) is 62.2 Å². The van der Waals surface area contributed by atoms with Crippen LogP contribution < -0.4 is 15.4 Å². The number of hydrogen-bond donors (Lipinski definition) is 2. The minimum absolute atomic E-state index is 0.333. The van der Waals surface area contributed by atoms with Crippen molar-refractivity contribution in [2.24, 2.45) is 5.41 Å². The van der Waals surface area contributed by atoms with Gasteiger partial charge in [0.2, 0.25) is 0 Å². The molecule has 0 amide bonds. The van der Waals surface area contributed by atoms with Crippen LogP contribution in [-0.2, 0) is 13.0 Å². The van der Waals surface area contributed by atoms with Gasteiger partial charge in [-0.3, -0.25) is 0 Å². The van der Waals surface area contributed by atoms with Gasteiger partial charge >= 0.3 is 0 Å². The predicted molar refractivity (Wildman–Crippen MR) is 77.6 cm³/mol. The average Bonchev–Trinajstić information content (AvgIpc) is 2.46. The van der Waals surface area contributed by atoms with E-state index in [0.717, 1.165) is 45.0 Å². The minimum atomic E-state index is 0.333. The second-order valence-electron chi connectivity index (χ2n) is 6.21. The molecule has 1 aromatic rings. The quantitative estimate of drug-likeness (QED) is 0.873. The van der Waals surface area contributed by atoms with Gasteiger partial charge in [-0.1, -0.05) is 13.0 Å². The van der Waals surface area contributed by atoms with E-state index in [0.29, 0.717) is 5.41 Å². The van der Waals surface area contributed by atoms with Crippen molar-refractivity contribution in [3.8, 4) is 5.75 Å². The summed E-state index contributed by atoms with van der Waals surface area (Å²) in [6, 6.07) is 6.58. The highest BCUT2D eigenvalue weighted by atomic mass is 16.5. The first-order chi connectivity index (χ1) is 9.25. The Morgan fingerprint density at radius 2 is 1.95 bits per heavy atom. The smallest absolute Gasteiger partial charge is 0.119 e. The van der Waals surface area contributed by atoms with E-state index in [9.17, 15) is 0 Å². The van der Waals surface area contributed by atoms with Crippen molar-refractivity contribution in [2.75, 3.05) is 26.2 Å². The Morgan fingerprint density at radius 3 is 2.79 bits per heavy atom. The average molecular weight is 260 g/mol. The van der Waals surface area contributed by atoms with E-state index in [2.05, 4.69) is 35.8 Å². The predicted octanol–water partition coefficient (Wildman–Crippen LogP) is 2.10. The largest absolute Gasteiger partial charge is 0.493 e. The van der Waals surface area contributed by atoms with E-state index in [1.165, 1.54) is 24.0 Å². The summed E-state index contributed by atoms with van der Waals surface area (Å²) in [5, 5.41) is 6.83. The molecule has 1 aromatic carbocycles. The molecule has 19 heavy (non-hydrogen) atoms. The molecule has 0 atom stereocenters. The van der Waals surface area contributed by atoms with Crippen LogP contribution in [0, 0.1) is 5.41 Å². The van der Waals surface area contributed by atoms with E-state index in [1.807, 2.05) is 0 Å². The molecule has 3 heteroatoms. The van der Waals surface area contributed by atoms with Gasteiger partial charge in [0.05, 0.1) is 6.61 Å². The van der Waals surface area contributed by atoms with Crippen LogP contribution in [0.1, 0.15) is 30.9 Å². The Morgan fingerprint density at radius 1 is 1.11 bits per heavy atom. The van der Waals surface area contributed by atoms with Crippen LogP contribution in [0.4, 0.5) is 0 Å². The zero-order valence-corrected chi connectivity index (χ0v) is 11.8. The lowest BCUT2D eigenvalue weighted by Gasteiger charge is -2.33. The summed E-state index contributed by atoms with van der Waals surface area (Å²) in [4.78, 5) is 0. The summed E-state index contributed by atoms with van der Waals surface area (Å²) in [5.41, 5.74) is 3.21. The molecule has 2 heterocycles. The van der Waals surface area contributed by atoms with Crippen LogP contribution in [-0.4, -0.2) is 26.2 Å². The SMILES string of the molecule is CC1(COc2ccc3c(c2)CNCC3)CCNCC1. The van der Waals surface area contributed by atoms with Crippen LogP contribution in [0.15, 0.2) is 18.2 Å². The van der Waals surface area contributed by atoms with Crippen molar-refractivity contribution >= 4 is 0 Å². The lowest BCUT2D eigenvalue weighted by Crippen LogP contribution is -2.38. The van der Waals surface area contributed by atoms with Crippen molar-refractivity contribution < 1.29 is 4.74 Å². The first kappa shape index (κ1) is 12.9. The number of ether oxygens (including phenoxy) is 1. The number of fused-ring (bicyclic) bond motifs is 1. The maximum atomic E-state index is 6.06. The number of hydrogen-bond acceptors (Lipinski definition) is 3. The van der Waals surface area contributed by atoms with Gasteiger partial charge in [0, 0.05) is 12.0 Å². The molecule has 0 saturated carbocycles. The molecule has 0 radical (unpaired) electrons. The topological polar surface area (TPSA) is 33.3 Å². The molecule has 3 rings (SSSR count). The summed E-state index contributed by atoms with van der Waals surface area (Å²) in [6.45, 7) is 7.49. The third-order valence-electron chi connectivity index (χ3n) is 4.46. The molecule has 0 aliphatic carbocycles. The Hall–Kier alpha value is -1.06. The fourth-order valence-corrected chi connectivity index (χ4v) is 2.98. The van der Waals surface area contributed by atoms with E-state index in [-0.39, 0.29) is 0 Å². The van der Waals surface area contributed by atoms with Crippen LogP contribution >= 0.6 is 0 Å². The lowest BCUT2D eigenvalue weighted by atomic mass is 9.82. The van der Waals surface area contributed by atoms with Crippen LogP contribution in [0.2, 0.25) is 0 Å². The van der Waals surface area contributed by atoms with Gasteiger partial charge in [-0.2, -0.15) is 0 Å². The highest BCUT2D eigenvalue weighted by Crippen LogP contribution is 2.29. The van der Waals surface area contributed by atoms with Gasteiger partial charge < -0.3 is 15.4 Å². The molecule has 0 aromatic heterocycles. The minimum Gasteiger partial charge on any atom is -0.493 e. The molecule has 1 fully saturated rings. The molecule has 0 spiro atoms. The van der Waals surface area contributed by atoms with Gasteiger partial charge in [0.1, 0.15) is 5.75 Å². The summed E-state index contributed by atoms with van der Waals surface area (Å²) >= 11 is 0. The van der Waals surface area contributed by atoms with Crippen LogP contribution in [0.5, 0.6) is 5.75 Å². The van der Waals surface area contributed by atoms with E-state index < -0.39 is 0 Å². The maximum absolute atomic E-state index is 6.06. The summed E-state index contributed by atoms with van der Waals surface area (Å²) in [6.07, 6.45) is 3.55. The fraction of sp³-hybridized carbons (Fsp3) is 0.625. The molecule has 1 saturated heterocycles. The Balaban J connectivity index is 1.63. The second kappa shape index (κ2) is 5.51. The molecule has 3 nitrogen and oxygen atoms in total. The molecular formula is C16H24N2O. The summed E-state index contributed by atoms with van der Waals surface area (Å²) < 4.78 is 6.06. The highest BCUT2D eigenvalue weighted by molar-refractivity contribution is 5.37. The molecule has 2 aliphatic heterocycles.